The molecule has 4 heteroatoms. The summed E-state index contributed by atoms with van der Waals surface area (Å²) in [6.07, 6.45) is 1.95. The monoisotopic (exact) mass is 241 g/mol. The maximum Gasteiger partial charge on any atom is 0.308 e. The smallest absolute Gasteiger partial charge is 0.308 e. The molecule has 98 valence electrons. The van der Waals surface area contributed by atoms with Gasteiger partial charge in [-0.25, -0.2) is 0 Å². The van der Waals surface area contributed by atoms with Gasteiger partial charge in [-0.2, -0.15) is 0 Å². The summed E-state index contributed by atoms with van der Waals surface area (Å²) in [4.78, 5) is 24.4. The third-order valence-corrected chi connectivity index (χ3v) is 2.34. The number of rotatable bonds is 7. The molecule has 17 heavy (non-hydrogen) atoms. The van der Waals surface area contributed by atoms with E-state index in [0.29, 0.717) is 19.6 Å². The predicted octanol–water partition coefficient (Wildman–Crippen LogP) is 2.00. The Morgan fingerprint density at radius 3 is 2.29 bits per heavy atom. The van der Waals surface area contributed by atoms with Crippen LogP contribution in [0.25, 0.3) is 0 Å². The zero-order valence-corrected chi connectivity index (χ0v) is 11.2. The number of carbonyl (C=O) groups excluding carboxylic acids is 2. The molecule has 0 fully saturated rings. The van der Waals surface area contributed by atoms with Crippen molar-refractivity contribution >= 4 is 11.9 Å². The van der Waals surface area contributed by atoms with Crippen molar-refractivity contribution in [2.24, 2.45) is 5.92 Å². The van der Waals surface area contributed by atoms with Crippen LogP contribution in [0, 0.1) is 5.92 Å². The highest BCUT2D eigenvalue weighted by atomic mass is 16.5. The van der Waals surface area contributed by atoms with E-state index in [9.17, 15) is 9.59 Å². The van der Waals surface area contributed by atoms with Crippen LogP contribution in [0.2, 0.25) is 0 Å². The third kappa shape index (κ3) is 6.09. The first-order valence-electron chi connectivity index (χ1n) is 5.99. The van der Waals surface area contributed by atoms with Gasteiger partial charge in [-0.1, -0.05) is 20.4 Å². The molecule has 0 radical (unpaired) electrons. The molecule has 0 unspecified atom stereocenters. The van der Waals surface area contributed by atoms with E-state index in [1.807, 2.05) is 13.8 Å². The van der Waals surface area contributed by atoms with Gasteiger partial charge in [0, 0.05) is 12.6 Å². The average molecular weight is 241 g/mol. The van der Waals surface area contributed by atoms with Crippen molar-refractivity contribution in [2.75, 3.05) is 13.2 Å². The Labute approximate surface area is 104 Å². The lowest BCUT2D eigenvalue weighted by atomic mass is 10.2. The topological polar surface area (TPSA) is 46.6 Å². The van der Waals surface area contributed by atoms with Gasteiger partial charge < -0.3 is 9.64 Å². The Bertz CT molecular complexity index is 272. The van der Waals surface area contributed by atoms with Crippen molar-refractivity contribution in [3.05, 3.63) is 12.7 Å². The minimum absolute atomic E-state index is 0.0878. The number of nitrogens with zero attached hydrogens (tertiary/aromatic N) is 1. The fraction of sp³-hybridized carbons (Fsp3) is 0.692. The van der Waals surface area contributed by atoms with Gasteiger partial charge in [0.25, 0.3) is 0 Å². The largest absolute Gasteiger partial charge is 0.465 e. The zero-order chi connectivity index (χ0) is 13.4. The molecule has 0 aliphatic heterocycles. The molecule has 0 aliphatic carbocycles. The maximum absolute atomic E-state index is 11.5. The molecular weight excluding hydrogens is 218 g/mol. The molecule has 0 saturated carbocycles. The average Bonchev–Trinajstić information content (AvgIpc) is 2.27. The molecule has 0 aromatic heterocycles. The highest BCUT2D eigenvalue weighted by Gasteiger charge is 2.14. The Morgan fingerprint density at radius 2 is 1.88 bits per heavy atom. The van der Waals surface area contributed by atoms with E-state index >= 15 is 0 Å². The van der Waals surface area contributed by atoms with Gasteiger partial charge in [0.05, 0.1) is 12.5 Å². The summed E-state index contributed by atoms with van der Waals surface area (Å²) >= 11 is 0. The Balaban J connectivity index is 3.96. The highest BCUT2D eigenvalue weighted by Crippen LogP contribution is 2.02. The second-order valence-electron chi connectivity index (χ2n) is 4.51. The van der Waals surface area contributed by atoms with Crippen LogP contribution in [-0.4, -0.2) is 36.0 Å². The van der Waals surface area contributed by atoms with Crippen molar-refractivity contribution in [1.82, 2.24) is 4.90 Å². The molecule has 0 aromatic rings. The molecule has 1 amide bonds. The summed E-state index contributed by atoms with van der Waals surface area (Å²) in [6.45, 7) is 11.9. The second-order valence-corrected chi connectivity index (χ2v) is 4.51. The third-order valence-electron chi connectivity index (χ3n) is 2.34. The van der Waals surface area contributed by atoms with Gasteiger partial charge in [0.15, 0.2) is 0 Å². The van der Waals surface area contributed by atoms with Crippen molar-refractivity contribution < 1.29 is 14.3 Å². The number of amides is 1. The van der Waals surface area contributed by atoms with Gasteiger partial charge in [-0.05, 0) is 26.3 Å². The summed E-state index contributed by atoms with van der Waals surface area (Å²) < 4.78 is 5.04. The lowest BCUT2D eigenvalue weighted by Crippen LogP contribution is -2.37. The molecular formula is C13H23NO3. The number of hydrogen-bond acceptors (Lipinski definition) is 3. The van der Waals surface area contributed by atoms with Crippen LogP contribution in [0.15, 0.2) is 12.7 Å². The van der Waals surface area contributed by atoms with Crippen LogP contribution in [0.5, 0.6) is 0 Å². The molecule has 0 heterocycles. The SMILES string of the molecule is C=CC(=O)N(CCCOC(=O)C(C)C)C(C)C. The minimum Gasteiger partial charge on any atom is -0.465 e. The number of carbonyl (C=O) groups is 2. The lowest BCUT2D eigenvalue weighted by Gasteiger charge is -2.25. The summed E-state index contributed by atoms with van der Waals surface area (Å²) in [6, 6.07) is 0.126. The molecule has 0 bridgehead atoms. The molecule has 0 aliphatic rings. The Kier molecular flexibility index (Phi) is 7.26. The van der Waals surface area contributed by atoms with E-state index in [-0.39, 0.29) is 23.8 Å². The summed E-state index contributed by atoms with van der Waals surface area (Å²) in [5.41, 5.74) is 0. The predicted molar refractivity (Wildman–Crippen MR) is 67.5 cm³/mol. The van der Waals surface area contributed by atoms with Gasteiger partial charge in [-0.15, -0.1) is 0 Å². The van der Waals surface area contributed by atoms with Crippen LogP contribution < -0.4 is 0 Å². The van der Waals surface area contributed by atoms with Crippen LogP contribution in [0.1, 0.15) is 34.1 Å². The van der Waals surface area contributed by atoms with E-state index in [1.54, 1.807) is 18.7 Å². The Hall–Kier alpha value is -1.32. The molecule has 0 aromatic carbocycles. The van der Waals surface area contributed by atoms with Crippen molar-refractivity contribution in [3.8, 4) is 0 Å². The van der Waals surface area contributed by atoms with Crippen LogP contribution in [0.3, 0.4) is 0 Å². The lowest BCUT2D eigenvalue weighted by molar-refractivity contribution is -0.147. The molecule has 4 nitrogen and oxygen atoms in total. The van der Waals surface area contributed by atoms with Crippen LogP contribution in [0.4, 0.5) is 0 Å². The van der Waals surface area contributed by atoms with Gasteiger partial charge in [-0.3, -0.25) is 9.59 Å². The van der Waals surface area contributed by atoms with E-state index < -0.39 is 0 Å². The minimum atomic E-state index is -0.198. The summed E-state index contributed by atoms with van der Waals surface area (Å²) in [7, 11) is 0. The molecule has 0 saturated heterocycles. The van der Waals surface area contributed by atoms with E-state index in [2.05, 4.69) is 6.58 Å². The second kappa shape index (κ2) is 7.87. The standard InChI is InChI=1S/C13H23NO3/c1-6-12(15)14(11(4)5)8-7-9-17-13(16)10(2)3/h6,10-11H,1,7-9H2,2-5H3. The first-order valence-corrected chi connectivity index (χ1v) is 5.99. The molecule has 0 rings (SSSR count). The van der Waals surface area contributed by atoms with E-state index in [1.165, 1.54) is 6.08 Å². The van der Waals surface area contributed by atoms with Crippen molar-refractivity contribution in [3.63, 3.8) is 0 Å². The van der Waals surface area contributed by atoms with E-state index in [4.69, 9.17) is 4.74 Å². The molecule has 0 atom stereocenters. The number of esters is 1. The summed E-state index contributed by atoms with van der Waals surface area (Å²) in [5, 5.41) is 0. The van der Waals surface area contributed by atoms with Crippen molar-refractivity contribution in [1.29, 1.82) is 0 Å². The van der Waals surface area contributed by atoms with E-state index in [0.717, 1.165) is 0 Å². The summed E-state index contributed by atoms with van der Waals surface area (Å²) in [5.74, 6) is -0.391. The maximum atomic E-state index is 11.5. The normalized spacial score (nSPS) is 10.5. The van der Waals surface area contributed by atoms with Gasteiger partial charge in [0.1, 0.15) is 0 Å². The fourth-order valence-electron chi connectivity index (χ4n) is 1.31. The number of ether oxygens (including phenoxy) is 1. The Morgan fingerprint density at radius 1 is 1.29 bits per heavy atom. The number of hydrogen-bond donors (Lipinski definition) is 0. The van der Waals surface area contributed by atoms with Gasteiger partial charge >= 0.3 is 5.97 Å². The molecule has 0 N–H and O–H groups in total. The first-order chi connectivity index (χ1) is 7.90. The van der Waals surface area contributed by atoms with Gasteiger partial charge in [0.2, 0.25) is 5.91 Å². The first kappa shape index (κ1) is 15.7. The molecule has 0 spiro atoms. The fourth-order valence-corrected chi connectivity index (χ4v) is 1.31. The zero-order valence-electron chi connectivity index (χ0n) is 11.2. The highest BCUT2D eigenvalue weighted by molar-refractivity contribution is 5.87. The quantitative estimate of drug-likeness (QED) is 0.389. The van der Waals surface area contributed by atoms with Crippen LogP contribution >= 0.6 is 0 Å². The van der Waals surface area contributed by atoms with Crippen LogP contribution in [-0.2, 0) is 14.3 Å². The van der Waals surface area contributed by atoms with Crippen molar-refractivity contribution in [2.45, 2.75) is 40.2 Å².